The predicted molar refractivity (Wildman–Crippen MR) is 77.7 cm³/mol. The fourth-order valence-electron chi connectivity index (χ4n) is 1.82. The van der Waals surface area contributed by atoms with Gasteiger partial charge in [0, 0.05) is 6.42 Å². The number of carbonyl (C=O) groups is 2. The summed E-state index contributed by atoms with van der Waals surface area (Å²) in [5.41, 5.74) is -1.70. The summed E-state index contributed by atoms with van der Waals surface area (Å²) in [5.74, 6) is -6.35. The first-order valence-corrected chi connectivity index (χ1v) is 7.28. The molecule has 0 heterocycles. The lowest BCUT2D eigenvalue weighted by atomic mass is 10.1. The number of benzene rings is 1. The number of amides is 1. The van der Waals surface area contributed by atoms with Crippen LogP contribution < -0.4 is 5.32 Å². The van der Waals surface area contributed by atoms with Gasteiger partial charge in [0.15, 0.2) is 23.6 Å². The second-order valence-corrected chi connectivity index (χ2v) is 6.96. The van der Waals surface area contributed by atoms with Crippen LogP contribution in [0, 0.1) is 22.9 Å². The quantitative estimate of drug-likeness (QED) is 0.501. The molecule has 0 spiro atoms. The fraction of sp³-hybridized carbons (Fsp3) is 0.429. The number of nitrogens with one attached hydrogen (secondary N) is 1. The molecule has 1 N–H and O–H groups in total. The minimum atomic E-state index is -1.72. The Kier molecular flexibility index (Phi) is 4.56. The van der Waals surface area contributed by atoms with Crippen molar-refractivity contribution in [2.24, 2.45) is 5.41 Å². The maximum absolute atomic E-state index is 13.5. The fourth-order valence-corrected chi connectivity index (χ4v) is 2.51. The number of alkyl halides is 2. The summed E-state index contributed by atoms with van der Waals surface area (Å²) in [6.45, 7) is 2.72. The monoisotopic (exact) mass is 369 g/mol. The molecule has 0 aromatic heterocycles. The molecule has 2 atom stereocenters. The standard InChI is InChI=1S/C14H12Cl2F3NO3/c1-6(23-12(22)13(2)5-14(13,15)16)11(21)20-8-4-3-7(17)9(18)10(8)19/h3-4,6H,5H2,1-2H3,(H,20,21)/t6-,13-/m1/s1. The van der Waals surface area contributed by atoms with Gasteiger partial charge in [0.05, 0.1) is 5.69 Å². The van der Waals surface area contributed by atoms with Crippen molar-refractivity contribution >= 4 is 40.8 Å². The maximum Gasteiger partial charge on any atom is 0.315 e. The summed E-state index contributed by atoms with van der Waals surface area (Å²) in [7, 11) is 0. The topological polar surface area (TPSA) is 55.4 Å². The zero-order valence-electron chi connectivity index (χ0n) is 12.1. The van der Waals surface area contributed by atoms with Crippen molar-refractivity contribution in [3.8, 4) is 0 Å². The van der Waals surface area contributed by atoms with Gasteiger partial charge in [0.25, 0.3) is 5.91 Å². The van der Waals surface area contributed by atoms with E-state index in [0.717, 1.165) is 6.07 Å². The van der Waals surface area contributed by atoms with Crippen molar-refractivity contribution in [3.05, 3.63) is 29.6 Å². The van der Waals surface area contributed by atoms with Crippen LogP contribution in [0.3, 0.4) is 0 Å². The molecule has 0 unspecified atom stereocenters. The van der Waals surface area contributed by atoms with Crippen LogP contribution in [0.25, 0.3) is 0 Å². The number of halogens is 5. The van der Waals surface area contributed by atoms with Crippen LogP contribution in [-0.4, -0.2) is 22.3 Å². The molecule has 1 aromatic carbocycles. The third-order valence-electron chi connectivity index (χ3n) is 3.65. The van der Waals surface area contributed by atoms with Gasteiger partial charge in [-0.2, -0.15) is 0 Å². The molecular formula is C14H12Cl2F3NO3. The van der Waals surface area contributed by atoms with Crippen LogP contribution in [0.4, 0.5) is 18.9 Å². The highest BCUT2D eigenvalue weighted by Crippen LogP contribution is 2.64. The zero-order valence-corrected chi connectivity index (χ0v) is 13.6. The second-order valence-electron chi connectivity index (χ2n) is 5.47. The minimum absolute atomic E-state index is 0.175. The van der Waals surface area contributed by atoms with E-state index in [9.17, 15) is 22.8 Å². The van der Waals surface area contributed by atoms with Crippen LogP contribution in [0.2, 0.25) is 0 Å². The van der Waals surface area contributed by atoms with E-state index in [1.165, 1.54) is 13.8 Å². The van der Waals surface area contributed by atoms with Gasteiger partial charge >= 0.3 is 5.97 Å². The Morgan fingerprint density at radius 1 is 1.26 bits per heavy atom. The third kappa shape index (κ3) is 3.26. The first kappa shape index (κ1) is 17.9. The molecule has 1 aliphatic carbocycles. The largest absolute Gasteiger partial charge is 0.452 e. The first-order valence-electron chi connectivity index (χ1n) is 6.53. The van der Waals surface area contributed by atoms with Gasteiger partial charge in [-0.15, -0.1) is 23.2 Å². The molecule has 9 heteroatoms. The number of carbonyl (C=O) groups excluding carboxylic acids is 2. The van der Waals surface area contributed by atoms with Crippen molar-refractivity contribution in [3.63, 3.8) is 0 Å². The lowest BCUT2D eigenvalue weighted by molar-refractivity contribution is -0.158. The van der Waals surface area contributed by atoms with Crippen molar-refractivity contribution in [2.45, 2.75) is 30.7 Å². The lowest BCUT2D eigenvalue weighted by Crippen LogP contribution is -2.33. The summed E-state index contributed by atoms with van der Waals surface area (Å²) in [5, 5.41) is 2.01. The molecular weight excluding hydrogens is 358 g/mol. The van der Waals surface area contributed by atoms with Gasteiger partial charge < -0.3 is 10.1 Å². The lowest BCUT2D eigenvalue weighted by Gasteiger charge is -2.17. The third-order valence-corrected chi connectivity index (χ3v) is 4.76. The van der Waals surface area contributed by atoms with Crippen LogP contribution in [0.1, 0.15) is 20.3 Å². The molecule has 1 aliphatic rings. The minimum Gasteiger partial charge on any atom is -0.452 e. The van der Waals surface area contributed by atoms with E-state index in [0.29, 0.717) is 6.07 Å². The van der Waals surface area contributed by atoms with Crippen molar-refractivity contribution in [1.82, 2.24) is 0 Å². The molecule has 4 nitrogen and oxygen atoms in total. The highest BCUT2D eigenvalue weighted by molar-refractivity contribution is 6.53. The summed E-state index contributed by atoms with van der Waals surface area (Å²) in [6, 6.07) is 1.51. The Morgan fingerprint density at radius 2 is 1.83 bits per heavy atom. The summed E-state index contributed by atoms with van der Waals surface area (Å²) in [6.07, 6.45) is -1.13. The van der Waals surface area contributed by atoms with Gasteiger partial charge in [-0.1, -0.05) is 0 Å². The molecule has 0 bridgehead atoms. The molecule has 23 heavy (non-hydrogen) atoms. The molecule has 1 aromatic rings. The molecule has 0 radical (unpaired) electrons. The maximum atomic E-state index is 13.5. The number of ether oxygens (including phenoxy) is 1. The SMILES string of the molecule is C[C@@H](OC(=O)[C@@]1(C)CC1(Cl)Cl)C(=O)Nc1ccc(F)c(F)c1F. The molecule has 1 fully saturated rings. The smallest absolute Gasteiger partial charge is 0.315 e. The van der Waals surface area contributed by atoms with Crippen LogP contribution in [0.5, 0.6) is 0 Å². The highest BCUT2D eigenvalue weighted by atomic mass is 35.5. The number of hydrogen-bond acceptors (Lipinski definition) is 3. The van der Waals surface area contributed by atoms with Crippen molar-refractivity contribution in [1.29, 1.82) is 0 Å². The number of rotatable bonds is 4. The van der Waals surface area contributed by atoms with E-state index in [4.69, 9.17) is 27.9 Å². The normalized spacial score (nSPS) is 23.1. The number of anilines is 1. The number of esters is 1. The van der Waals surface area contributed by atoms with Crippen LogP contribution in [-0.2, 0) is 14.3 Å². The predicted octanol–water partition coefficient (Wildman–Crippen LogP) is 3.56. The Bertz CT molecular complexity index is 683. The average molecular weight is 370 g/mol. The summed E-state index contributed by atoms with van der Waals surface area (Å²) < 4.78 is 43.1. The van der Waals surface area contributed by atoms with Gasteiger partial charge in [-0.3, -0.25) is 9.59 Å². The number of hydrogen-bond donors (Lipinski definition) is 1. The van der Waals surface area contributed by atoms with E-state index in [1.807, 2.05) is 5.32 Å². The van der Waals surface area contributed by atoms with E-state index < -0.39 is 50.9 Å². The van der Waals surface area contributed by atoms with E-state index in [2.05, 4.69) is 0 Å². The Labute approximate surface area is 139 Å². The molecule has 1 amide bonds. The van der Waals surface area contributed by atoms with Gasteiger partial charge in [-0.05, 0) is 26.0 Å². The molecule has 126 valence electrons. The van der Waals surface area contributed by atoms with Gasteiger partial charge in [0.1, 0.15) is 9.75 Å². The van der Waals surface area contributed by atoms with E-state index >= 15 is 0 Å². The summed E-state index contributed by atoms with van der Waals surface area (Å²) >= 11 is 11.7. The summed E-state index contributed by atoms with van der Waals surface area (Å²) in [4.78, 5) is 23.8. The second kappa shape index (κ2) is 5.87. The molecule has 1 saturated carbocycles. The van der Waals surface area contributed by atoms with Gasteiger partial charge in [-0.25, -0.2) is 13.2 Å². The Hall–Kier alpha value is -1.47. The van der Waals surface area contributed by atoms with E-state index in [-0.39, 0.29) is 6.42 Å². The van der Waals surface area contributed by atoms with Crippen molar-refractivity contribution in [2.75, 3.05) is 5.32 Å². The zero-order chi connectivity index (χ0) is 17.6. The highest BCUT2D eigenvalue weighted by Gasteiger charge is 2.69. The Morgan fingerprint density at radius 3 is 2.35 bits per heavy atom. The van der Waals surface area contributed by atoms with E-state index in [1.54, 1.807) is 0 Å². The van der Waals surface area contributed by atoms with Gasteiger partial charge in [0.2, 0.25) is 0 Å². The molecule has 0 aliphatic heterocycles. The van der Waals surface area contributed by atoms with Crippen LogP contribution >= 0.6 is 23.2 Å². The average Bonchev–Trinajstić information content (AvgIpc) is 2.99. The molecule has 2 rings (SSSR count). The van der Waals surface area contributed by atoms with Crippen LogP contribution in [0.15, 0.2) is 12.1 Å². The van der Waals surface area contributed by atoms with Crippen molar-refractivity contribution < 1.29 is 27.5 Å². The molecule has 0 saturated heterocycles. The first-order chi connectivity index (χ1) is 10.5. The Balaban J connectivity index is 2.01.